The predicted molar refractivity (Wildman–Crippen MR) is 131 cm³/mol. The van der Waals surface area contributed by atoms with Gasteiger partial charge in [-0.1, -0.05) is 12.1 Å². The largest absolute Gasteiger partial charge is 0.459 e. The summed E-state index contributed by atoms with van der Waals surface area (Å²) in [5.74, 6) is 1.64. The minimum absolute atomic E-state index is 0.0197. The number of nitriles is 1. The summed E-state index contributed by atoms with van der Waals surface area (Å²) in [7, 11) is 0. The first kappa shape index (κ1) is 21.6. The second-order valence-corrected chi connectivity index (χ2v) is 8.54. The number of carbonyl (C=O) groups is 1. The maximum atomic E-state index is 12.9. The molecule has 0 radical (unpaired) electrons. The molecule has 0 aliphatic carbocycles. The first-order valence-corrected chi connectivity index (χ1v) is 11.6. The molecule has 178 valence electrons. The Morgan fingerprint density at radius 3 is 2.67 bits per heavy atom. The molecule has 0 saturated carbocycles. The normalized spacial score (nSPS) is 14.1. The average molecular weight is 480 g/mol. The monoisotopic (exact) mass is 479 g/mol. The molecule has 1 fully saturated rings. The Labute approximate surface area is 205 Å². The second kappa shape index (κ2) is 9.03. The topological polar surface area (TPSA) is 125 Å². The zero-order chi connectivity index (χ0) is 24.5. The molecule has 1 aliphatic rings. The number of oxazole rings is 1. The Morgan fingerprint density at radius 2 is 1.94 bits per heavy atom. The van der Waals surface area contributed by atoms with Gasteiger partial charge < -0.3 is 19.1 Å². The summed E-state index contributed by atoms with van der Waals surface area (Å²) in [6.07, 6.45) is 8.34. The van der Waals surface area contributed by atoms with E-state index in [-0.39, 0.29) is 23.4 Å². The van der Waals surface area contributed by atoms with Gasteiger partial charge in [-0.25, -0.2) is 9.97 Å². The van der Waals surface area contributed by atoms with E-state index in [2.05, 4.69) is 26.3 Å². The number of imidazole rings is 1. The molecule has 5 aromatic rings. The van der Waals surface area contributed by atoms with E-state index in [1.807, 2.05) is 52.0 Å². The van der Waals surface area contributed by atoms with Gasteiger partial charge in [-0.05, 0) is 43.2 Å². The first-order valence-electron chi connectivity index (χ1n) is 11.6. The second-order valence-electron chi connectivity index (χ2n) is 8.54. The van der Waals surface area contributed by atoms with Gasteiger partial charge in [0.15, 0.2) is 5.76 Å². The van der Waals surface area contributed by atoms with E-state index >= 15 is 0 Å². The van der Waals surface area contributed by atoms with Crippen LogP contribution >= 0.6 is 0 Å². The lowest BCUT2D eigenvalue weighted by Crippen LogP contribution is -2.38. The SMILES string of the molecule is N#Cc1nc(-c2ccco2)oc1N1CCC(C(=O)Nc2ccc(-c3cn4cccnc4n3)cc2)CC1. The van der Waals surface area contributed by atoms with Crippen molar-refractivity contribution >= 4 is 23.3 Å². The summed E-state index contributed by atoms with van der Waals surface area (Å²) in [5.41, 5.74) is 2.71. The molecular weight excluding hydrogens is 458 g/mol. The van der Waals surface area contributed by atoms with E-state index in [0.717, 1.165) is 16.9 Å². The Hall–Kier alpha value is -4.91. The molecule has 10 heteroatoms. The number of fused-ring (bicyclic) bond motifs is 1. The van der Waals surface area contributed by atoms with E-state index in [9.17, 15) is 10.1 Å². The zero-order valence-corrected chi connectivity index (χ0v) is 19.2. The molecule has 36 heavy (non-hydrogen) atoms. The average Bonchev–Trinajstić information content (AvgIpc) is 3.68. The fourth-order valence-corrected chi connectivity index (χ4v) is 4.39. The molecule has 1 amide bonds. The van der Waals surface area contributed by atoms with Gasteiger partial charge in [0, 0.05) is 48.8 Å². The summed E-state index contributed by atoms with van der Waals surface area (Å²) >= 11 is 0. The summed E-state index contributed by atoms with van der Waals surface area (Å²) in [6, 6.07) is 15.0. The fourth-order valence-electron chi connectivity index (χ4n) is 4.39. The van der Waals surface area contributed by atoms with Gasteiger partial charge in [0.1, 0.15) is 6.07 Å². The molecule has 1 aliphatic heterocycles. The molecule has 0 bridgehead atoms. The molecular formula is C26H21N7O3. The van der Waals surface area contributed by atoms with Crippen molar-refractivity contribution in [1.29, 1.82) is 5.26 Å². The van der Waals surface area contributed by atoms with E-state index in [1.165, 1.54) is 6.26 Å². The molecule has 0 atom stereocenters. The van der Waals surface area contributed by atoms with E-state index in [0.29, 0.717) is 43.4 Å². The van der Waals surface area contributed by atoms with Crippen LogP contribution in [0.3, 0.4) is 0 Å². The van der Waals surface area contributed by atoms with Crippen LogP contribution in [0.1, 0.15) is 18.5 Å². The van der Waals surface area contributed by atoms with Crippen molar-refractivity contribution in [1.82, 2.24) is 19.4 Å². The Morgan fingerprint density at radius 1 is 1.11 bits per heavy atom. The third-order valence-corrected chi connectivity index (χ3v) is 6.28. The van der Waals surface area contributed by atoms with Crippen LogP contribution in [0.2, 0.25) is 0 Å². The molecule has 4 aromatic heterocycles. The number of carbonyl (C=O) groups excluding carboxylic acids is 1. The van der Waals surface area contributed by atoms with Gasteiger partial charge >= 0.3 is 0 Å². The van der Waals surface area contributed by atoms with Crippen LogP contribution in [-0.2, 0) is 4.79 Å². The molecule has 1 N–H and O–H groups in total. The highest BCUT2D eigenvalue weighted by Crippen LogP contribution is 2.31. The number of anilines is 2. The van der Waals surface area contributed by atoms with Crippen LogP contribution in [0.25, 0.3) is 28.7 Å². The first-order chi connectivity index (χ1) is 17.7. The quantitative estimate of drug-likeness (QED) is 0.394. The molecule has 1 saturated heterocycles. The molecule has 1 aromatic carbocycles. The number of nitrogens with zero attached hydrogens (tertiary/aromatic N) is 6. The summed E-state index contributed by atoms with van der Waals surface area (Å²) in [4.78, 5) is 27.9. The van der Waals surface area contributed by atoms with Crippen molar-refractivity contribution in [2.45, 2.75) is 12.8 Å². The summed E-state index contributed by atoms with van der Waals surface area (Å²) in [5, 5.41) is 12.5. The Bertz CT molecular complexity index is 1520. The number of aromatic nitrogens is 4. The van der Waals surface area contributed by atoms with Crippen LogP contribution in [0.5, 0.6) is 0 Å². The minimum atomic E-state index is -0.136. The van der Waals surface area contributed by atoms with Crippen LogP contribution in [-0.4, -0.2) is 38.3 Å². The van der Waals surface area contributed by atoms with Gasteiger partial charge in [-0.15, -0.1) is 0 Å². The number of rotatable bonds is 5. The number of hydrogen-bond acceptors (Lipinski definition) is 8. The Kier molecular flexibility index (Phi) is 5.42. The van der Waals surface area contributed by atoms with E-state index in [4.69, 9.17) is 8.83 Å². The minimum Gasteiger partial charge on any atom is -0.459 e. The van der Waals surface area contributed by atoms with E-state index in [1.54, 1.807) is 18.3 Å². The van der Waals surface area contributed by atoms with Crippen LogP contribution in [0, 0.1) is 17.2 Å². The lowest BCUT2D eigenvalue weighted by Gasteiger charge is -2.30. The molecule has 0 unspecified atom stereocenters. The van der Waals surface area contributed by atoms with Crippen molar-refractivity contribution in [2.75, 3.05) is 23.3 Å². The fraction of sp³-hybridized carbons (Fsp3) is 0.192. The van der Waals surface area contributed by atoms with Gasteiger partial charge in [-0.3, -0.25) is 9.20 Å². The molecule has 6 rings (SSSR count). The third-order valence-electron chi connectivity index (χ3n) is 6.28. The summed E-state index contributed by atoms with van der Waals surface area (Å²) < 4.78 is 13.0. The number of benzene rings is 1. The van der Waals surface area contributed by atoms with Gasteiger partial charge in [0.2, 0.25) is 23.3 Å². The van der Waals surface area contributed by atoms with Crippen molar-refractivity contribution in [3.63, 3.8) is 0 Å². The molecule has 10 nitrogen and oxygen atoms in total. The van der Waals surface area contributed by atoms with Crippen LogP contribution < -0.4 is 10.2 Å². The highest BCUT2D eigenvalue weighted by molar-refractivity contribution is 5.93. The van der Waals surface area contributed by atoms with Crippen molar-refractivity contribution < 1.29 is 13.6 Å². The predicted octanol–water partition coefficient (Wildman–Crippen LogP) is 4.37. The van der Waals surface area contributed by atoms with Crippen molar-refractivity contribution in [3.8, 4) is 29.0 Å². The standard InChI is InChI=1S/C26H21N7O3/c27-15-20-25(36-24(30-20)22-3-1-14-35-22)32-12-8-18(9-13-32)23(34)29-19-6-4-17(5-7-19)21-16-33-11-2-10-28-26(33)31-21/h1-7,10-11,14,16,18H,8-9,12-13H2,(H,29,34). The third kappa shape index (κ3) is 4.07. The highest BCUT2D eigenvalue weighted by atomic mass is 16.4. The Balaban J connectivity index is 1.08. The molecule has 5 heterocycles. The van der Waals surface area contributed by atoms with Gasteiger partial charge in [0.05, 0.1) is 12.0 Å². The lowest BCUT2D eigenvalue weighted by molar-refractivity contribution is -0.120. The molecule has 0 spiro atoms. The number of nitrogens with one attached hydrogen (secondary N) is 1. The zero-order valence-electron chi connectivity index (χ0n) is 19.2. The van der Waals surface area contributed by atoms with Gasteiger partial charge in [-0.2, -0.15) is 10.2 Å². The van der Waals surface area contributed by atoms with Gasteiger partial charge in [0.25, 0.3) is 5.89 Å². The summed E-state index contributed by atoms with van der Waals surface area (Å²) in [6.45, 7) is 1.17. The lowest BCUT2D eigenvalue weighted by atomic mass is 9.95. The smallest absolute Gasteiger partial charge is 0.266 e. The van der Waals surface area contributed by atoms with Crippen LogP contribution in [0.15, 0.2) is 76.2 Å². The number of furan rings is 1. The number of piperidine rings is 1. The number of amides is 1. The van der Waals surface area contributed by atoms with E-state index < -0.39 is 0 Å². The van der Waals surface area contributed by atoms with Crippen molar-refractivity contribution in [2.24, 2.45) is 5.92 Å². The highest BCUT2D eigenvalue weighted by Gasteiger charge is 2.29. The maximum Gasteiger partial charge on any atom is 0.266 e. The van der Waals surface area contributed by atoms with Crippen LogP contribution in [0.4, 0.5) is 11.6 Å². The maximum absolute atomic E-state index is 12.9. The number of hydrogen-bond donors (Lipinski definition) is 1. The van der Waals surface area contributed by atoms with Crippen molar-refractivity contribution in [3.05, 3.63) is 73.0 Å².